The quantitative estimate of drug-likeness (QED) is 0.691. The summed E-state index contributed by atoms with van der Waals surface area (Å²) in [5.41, 5.74) is 3.20. The molecule has 0 saturated heterocycles. The van der Waals surface area contributed by atoms with Gasteiger partial charge in [-0.1, -0.05) is 35.9 Å². The normalized spacial score (nSPS) is 10.5. The number of aromatic nitrogens is 4. The highest BCUT2D eigenvalue weighted by molar-refractivity contribution is 6.32. The van der Waals surface area contributed by atoms with Crippen LogP contribution < -0.4 is 10.9 Å². The molecule has 1 aromatic carbocycles. The van der Waals surface area contributed by atoms with Crippen molar-refractivity contribution >= 4 is 17.3 Å². The van der Waals surface area contributed by atoms with Gasteiger partial charge in [-0.15, -0.1) is 0 Å². The Labute approximate surface area is 125 Å². The van der Waals surface area contributed by atoms with Gasteiger partial charge in [-0.2, -0.15) is 10.2 Å². The van der Waals surface area contributed by atoms with Crippen molar-refractivity contribution < 1.29 is 0 Å². The van der Waals surface area contributed by atoms with Crippen molar-refractivity contribution in [2.75, 3.05) is 5.32 Å². The summed E-state index contributed by atoms with van der Waals surface area (Å²) in [6.07, 6.45) is 3.20. The highest BCUT2D eigenvalue weighted by Gasteiger charge is 2.04. The summed E-state index contributed by atoms with van der Waals surface area (Å²) in [6, 6.07) is 9.91. The molecule has 0 saturated carbocycles. The van der Waals surface area contributed by atoms with Crippen molar-refractivity contribution in [1.82, 2.24) is 20.4 Å². The van der Waals surface area contributed by atoms with E-state index in [2.05, 4.69) is 25.7 Å². The molecule has 0 bridgehead atoms. The van der Waals surface area contributed by atoms with E-state index >= 15 is 0 Å². The zero-order valence-electron chi connectivity index (χ0n) is 10.9. The molecule has 2 aromatic heterocycles. The Morgan fingerprint density at radius 1 is 1.10 bits per heavy atom. The minimum Gasteiger partial charge on any atom is -0.378 e. The first-order chi connectivity index (χ1) is 10.2. The number of anilines is 1. The average molecular weight is 302 g/mol. The van der Waals surface area contributed by atoms with Crippen LogP contribution in [0.2, 0.25) is 5.02 Å². The van der Waals surface area contributed by atoms with Gasteiger partial charge in [0.05, 0.1) is 17.6 Å². The van der Waals surface area contributed by atoms with Crippen molar-refractivity contribution in [2.24, 2.45) is 0 Å². The highest BCUT2D eigenvalue weighted by atomic mass is 35.5. The highest BCUT2D eigenvalue weighted by Crippen LogP contribution is 2.18. The number of nitrogens with zero attached hydrogens (tertiary/aromatic N) is 2. The summed E-state index contributed by atoms with van der Waals surface area (Å²) >= 11 is 5.89. The monoisotopic (exact) mass is 301 g/mol. The lowest BCUT2D eigenvalue weighted by Gasteiger charge is -2.07. The average Bonchev–Trinajstić information content (AvgIpc) is 3.04. The van der Waals surface area contributed by atoms with Crippen LogP contribution in [0, 0.1) is 0 Å². The molecule has 0 amide bonds. The summed E-state index contributed by atoms with van der Waals surface area (Å²) < 4.78 is 0. The van der Waals surface area contributed by atoms with Gasteiger partial charge in [0.25, 0.3) is 5.56 Å². The zero-order chi connectivity index (χ0) is 14.7. The Morgan fingerprint density at radius 2 is 1.90 bits per heavy atom. The fourth-order valence-electron chi connectivity index (χ4n) is 1.92. The minimum absolute atomic E-state index is 0.110. The lowest BCUT2D eigenvalue weighted by molar-refractivity contribution is 0.981. The van der Waals surface area contributed by atoms with Gasteiger partial charge in [-0.05, 0) is 17.2 Å². The molecule has 0 aliphatic carbocycles. The van der Waals surface area contributed by atoms with E-state index in [1.54, 1.807) is 6.20 Å². The SMILES string of the molecule is O=c1[nH]ncc(NCc2ccc(-c3ccn[nH]3)cc2)c1Cl. The van der Waals surface area contributed by atoms with Crippen LogP contribution in [0.4, 0.5) is 5.69 Å². The van der Waals surface area contributed by atoms with Crippen LogP contribution in [-0.4, -0.2) is 20.4 Å². The second-order valence-corrected chi connectivity index (χ2v) is 4.83. The number of hydrogen-bond donors (Lipinski definition) is 3. The third kappa shape index (κ3) is 2.95. The van der Waals surface area contributed by atoms with Crippen molar-refractivity contribution in [1.29, 1.82) is 0 Å². The molecular weight excluding hydrogens is 290 g/mol. The number of aromatic amines is 2. The second kappa shape index (κ2) is 5.80. The summed E-state index contributed by atoms with van der Waals surface area (Å²) in [6.45, 7) is 0.550. The minimum atomic E-state index is -0.406. The molecule has 21 heavy (non-hydrogen) atoms. The maximum atomic E-state index is 11.3. The van der Waals surface area contributed by atoms with Gasteiger partial charge in [-0.3, -0.25) is 9.89 Å². The number of rotatable bonds is 4. The van der Waals surface area contributed by atoms with Crippen molar-refractivity contribution in [3.63, 3.8) is 0 Å². The van der Waals surface area contributed by atoms with E-state index in [0.29, 0.717) is 12.2 Å². The van der Waals surface area contributed by atoms with E-state index < -0.39 is 5.56 Å². The Hall–Kier alpha value is -2.60. The van der Waals surface area contributed by atoms with Crippen molar-refractivity contribution in [2.45, 2.75) is 6.54 Å². The van der Waals surface area contributed by atoms with E-state index in [0.717, 1.165) is 16.8 Å². The maximum Gasteiger partial charge on any atom is 0.285 e. The van der Waals surface area contributed by atoms with E-state index in [9.17, 15) is 4.79 Å². The van der Waals surface area contributed by atoms with E-state index in [1.165, 1.54) is 6.20 Å². The van der Waals surface area contributed by atoms with Gasteiger partial charge in [0.15, 0.2) is 0 Å². The van der Waals surface area contributed by atoms with E-state index in [4.69, 9.17) is 11.6 Å². The fourth-order valence-corrected chi connectivity index (χ4v) is 2.08. The largest absolute Gasteiger partial charge is 0.378 e. The van der Waals surface area contributed by atoms with Gasteiger partial charge in [0.1, 0.15) is 5.02 Å². The predicted octanol–water partition coefficient (Wildman–Crippen LogP) is 2.43. The first-order valence-electron chi connectivity index (χ1n) is 6.30. The Bertz CT molecular complexity index is 780. The molecule has 6 nitrogen and oxygen atoms in total. The van der Waals surface area contributed by atoms with Crippen LogP contribution in [0.15, 0.2) is 47.5 Å². The first-order valence-corrected chi connectivity index (χ1v) is 6.67. The molecule has 3 aromatic rings. The Balaban J connectivity index is 1.71. The van der Waals surface area contributed by atoms with Crippen LogP contribution in [-0.2, 0) is 6.54 Å². The molecule has 0 radical (unpaired) electrons. The molecule has 7 heteroatoms. The lowest BCUT2D eigenvalue weighted by atomic mass is 10.1. The molecule has 0 spiro atoms. The molecule has 0 atom stereocenters. The van der Waals surface area contributed by atoms with Crippen LogP contribution in [0.25, 0.3) is 11.3 Å². The third-order valence-corrected chi connectivity index (χ3v) is 3.42. The molecule has 0 unspecified atom stereocenters. The van der Waals surface area contributed by atoms with Crippen molar-refractivity contribution in [3.8, 4) is 11.3 Å². The number of benzene rings is 1. The standard InChI is InChI=1S/C14H12ClN5O/c15-13-12(8-18-20-14(13)21)16-7-9-1-3-10(4-2-9)11-5-6-17-19-11/h1-6,8H,7H2,(H,17,19)(H2,16,20,21). The lowest BCUT2D eigenvalue weighted by Crippen LogP contribution is -2.11. The summed E-state index contributed by atoms with van der Waals surface area (Å²) in [7, 11) is 0. The summed E-state index contributed by atoms with van der Waals surface area (Å²) in [5.74, 6) is 0. The predicted molar refractivity (Wildman–Crippen MR) is 81.2 cm³/mol. The Kier molecular flexibility index (Phi) is 3.70. The topological polar surface area (TPSA) is 86.5 Å². The molecule has 2 heterocycles. The van der Waals surface area contributed by atoms with Gasteiger partial charge in [0, 0.05) is 12.7 Å². The number of H-pyrrole nitrogens is 2. The molecule has 3 N–H and O–H groups in total. The summed E-state index contributed by atoms with van der Waals surface area (Å²) in [4.78, 5) is 11.3. The second-order valence-electron chi connectivity index (χ2n) is 4.45. The maximum absolute atomic E-state index is 11.3. The molecule has 0 fully saturated rings. The van der Waals surface area contributed by atoms with Gasteiger partial charge in [0.2, 0.25) is 0 Å². The molecule has 3 rings (SSSR count). The smallest absolute Gasteiger partial charge is 0.285 e. The summed E-state index contributed by atoms with van der Waals surface area (Å²) in [5, 5.41) is 16.0. The fraction of sp³-hybridized carbons (Fsp3) is 0.0714. The third-order valence-electron chi connectivity index (χ3n) is 3.04. The molecule has 0 aliphatic heterocycles. The zero-order valence-corrected chi connectivity index (χ0v) is 11.7. The van der Waals surface area contributed by atoms with Crippen LogP contribution >= 0.6 is 11.6 Å². The van der Waals surface area contributed by atoms with E-state index in [-0.39, 0.29) is 5.02 Å². The first kappa shape index (κ1) is 13.4. The molecule has 106 valence electrons. The van der Waals surface area contributed by atoms with Crippen LogP contribution in [0.3, 0.4) is 0 Å². The number of nitrogens with one attached hydrogen (secondary N) is 3. The van der Waals surface area contributed by atoms with Crippen LogP contribution in [0.5, 0.6) is 0 Å². The number of hydrogen-bond acceptors (Lipinski definition) is 4. The van der Waals surface area contributed by atoms with Gasteiger partial charge >= 0.3 is 0 Å². The molecular formula is C14H12ClN5O. The van der Waals surface area contributed by atoms with Gasteiger partial charge < -0.3 is 5.32 Å². The van der Waals surface area contributed by atoms with Crippen molar-refractivity contribution in [3.05, 3.63) is 63.7 Å². The van der Waals surface area contributed by atoms with E-state index in [1.807, 2.05) is 30.3 Å². The van der Waals surface area contributed by atoms with Gasteiger partial charge in [-0.25, -0.2) is 5.10 Å². The molecule has 0 aliphatic rings. The Morgan fingerprint density at radius 3 is 2.62 bits per heavy atom. The number of halogens is 1. The van der Waals surface area contributed by atoms with Crippen LogP contribution in [0.1, 0.15) is 5.56 Å².